The summed E-state index contributed by atoms with van der Waals surface area (Å²) in [5.74, 6) is 0. The van der Waals surface area contributed by atoms with Gasteiger partial charge in [0.1, 0.15) is 0 Å². The number of carbonyl (C=O) groups is 1. The number of hydrogen-bond donors (Lipinski definition) is 3. The Hall–Kier alpha value is -4.53. The number of benzene rings is 5. The lowest BCUT2D eigenvalue weighted by Crippen LogP contribution is -2.38. The second-order valence-electron chi connectivity index (χ2n) is 12.3. The molecule has 7 heteroatoms. The van der Waals surface area contributed by atoms with Crippen molar-refractivity contribution in [2.24, 2.45) is 0 Å². The number of amides is 2. The molecule has 47 heavy (non-hydrogen) atoms. The normalized spacial score (nSPS) is 18.6. The van der Waals surface area contributed by atoms with Gasteiger partial charge in [-0.05, 0) is 58.6 Å². The lowest BCUT2D eigenvalue weighted by molar-refractivity contribution is -0.253. The van der Waals surface area contributed by atoms with Gasteiger partial charge in [-0.25, -0.2) is 4.79 Å². The van der Waals surface area contributed by atoms with Crippen molar-refractivity contribution >= 4 is 16.8 Å². The number of fused-ring (bicyclic) bond motifs is 1. The molecule has 0 unspecified atom stereocenters. The third kappa shape index (κ3) is 8.44. The summed E-state index contributed by atoms with van der Waals surface area (Å²) in [6.45, 7) is 3.86. The van der Waals surface area contributed by atoms with Gasteiger partial charge in [0, 0.05) is 37.7 Å². The highest BCUT2D eigenvalue weighted by atomic mass is 16.7. The lowest BCUT2D eigenvalue weighted by atomic mass is 9.98. The highest BCUT2D eigenvalue weighted by Gasteiger charge is 2.33. The fraction of sp³-hybridized carbons (Fsp3) is 0.275. The minimum atomic E-state index is -0.545. The molecule has 7 nitrogen and oxygen atoms in total. The first-order valence-corrected chi connectivity index (χ1v) is 16.3. The second-order valence-corrected chi connectivity index (χ2v) is 12.3. The van der Waals surface area contributed by atoms with E-state index in [0.29, 0.717) is 19.5 Å². The molecule has 0 saturated carbocycles. The van der Waals surface area contributed by atoms with Crippen LogP contribution in [-0.2, 0) is 29.2 Å². The van der Waals surface area contributed by atoms with E-state index in [2.05, 4.69) is 72.0 Å². The zero-order valence-electron chi connectivity index (χ0n) is 27.0. The van der Waals surface area contributed by atoms with Gasteiger partial charge >= 0.3 is 6.03 Å². The molecule has 0 radical (unpaired) electrons. The minimum Gasteiger partial charge on any atom is -0.392 e. The highest BCUT2D eigenvalue weighted by Crippen LogP contribution is 2.39. The maximum atomic E-state index is 12.4. The van der Waals surface area contributed by atoms with E-state index in [1.165, 1.54) is 16.3 Å². The zero-order chi connectivity index (χ0) is 32.6. The molecular weight excluding hydrogens is 586 g/mol. The number of hydrogen-bond acceptors (Lipinski definition) is 5. The van der Waals surface area contributed by atoms with Crippen molar-refractivity contribution in [1.29, 1.82) is 0 Å². The molecule has 1 saturated heterocycles. The predicted octanol–water partition coefficient (Wildman–Crippen LogP) is 7.57. The summed E-state index contributed by atoms with van der Waals surface area (Å²) in [6, 6.07) is 41.0. The topological polar surface area (TPSA) is 83.1 Å². The smallest absolute Gasteiger partial charge is 0.315 e. The van der Waals surface area contributed by atoms with Crippen LogP contribution in [0.2, 0.25) is 0 Å². The first kappa shape index (κ1) is 32.4. The van der Waals surface area contributed by atoms with Crippen LogP contribution >= 0.6 is 0 Å². The number of rotatable bonds is 11. The second kappa shape index (κ2) is 15.4. The molecule has 5 aromatic carbocycles. The molecule has 0 bridgehead atoms. The van der Waals surface area contributed by atoms with Gasteiger partial charge < -0.3 is 25.2 Å². The molecule has 242 valence electrons. The summed E-state index contributed by atoms with van der Waals surface area (Å²) in [5, 5.41) is 17.9. The van der Waals surface area contributed by atoms with Crippen LogP contribution in [0, 0.1) is 0 Å². The fourth-order valence-electron chi connectivity index (χ4n) is 6.05. The van der Waals surface area contributed by atoms with Gasteiger partial charge in [0.25, 0.3) is 0 Å². The quantitative estimate of drug-likeness (QED) is 0.140. The monoisotopic (exact) mass is 629 g/mol. The highest BCUT2D eigenvalue weighted by molar-refractivity contribution is 5.83. The molecule has 0 aromatic heterocycles. The van der Waals surface area contributed by atoms with Crippen molar-refractivity contribution in [1.82, 2.24) is 15.5 Å². The van der Waals surface area contributed by atoms with Crippen LogP contribution < -0.4 is 10.6 Å². The predicted molar refractivity (Wildman–Crippen MR) is 185 cm³/mol. The molecule has 1 aliphatic heterocycles. The summed E-state index contributed by atoms with van der Waals surface area (Å²) in [7, 11) is 2.15. The Morgan fingerprint density at radius 1 is 0.766 bits per heavy atom. The Morgan fingerprint density at radius 2 is 1.38 bits per heavy atom. The molecule has 1 heterocycles. The van der Waals surface area contributed by atoms with Crippen LogP contribution in [0.25, 0.3) is 10.8 Å². The number of nitrogens with zero attached hydrogens (tertiary/aromatic N) is 1. The number of aliphatic hydroxyl groups is 1. The average molecular weight is 630 g/mol. The van der Waals surface area contributed by atoms with E-state index in [1.54, 1.807) is 0 Å². The van der Waals surface area contributed by atoms with Crippen LogP contribution in [0.15, 0.2) is 121 Å². The standard InChI is InChI=1S/C40H43N3O4/c1-28(35-21-20-32-10-6-7-11-36(32)22-35)43(2)26-37-23-38(33-16-14-31(27-44)15-17-33)47-39(46-37)34-18-12-30(13-19-34)25-42-40(45)41-24-29-8-4-3-5-9-29/h3-22,28,37-39,44H,23-27H2,1-2H3,(H2,41,42,45)/t28-,37-,38+,39+/m1/s1. The van der Waals surface area contributed by atoms with E-state index in [9.17, 15) is 9.90 Å². The molecule has 3 N–H and O–H groups in total. The Labute approximate surface area is 277 Å². The van der Waals surface area contributed by atoms with E-state index in [1.807, 2.05) is 78.9 Å². The summed E-state index contributed by atoms with van der Waals surface area (Å²) in [4.78, 5) is 14.7. The van der Waals surface area contributed by atoms with E-state index >= 15 is 0 Å². The Morgan fingerprint density at radius 3 is 2.09 bits per heavy atom. The van der Waals surface area contributed by atoms with Crippen LogP contribution in [0.3, 0.4) is 0 Å². The van der Waals surface area contributed by atoms with E-state index in [-0.39, 0.29) is 30.9 Å². The molecule has 4 atom stereocenters. The fourth-order valence-corrected chi connectivity index (χ4v) is 6.05. The van der Waals surface area contributed by atoms with Gasteiger partial charge in [0.15, 0.2) is 6.29 Å². The first-order chi connectivity index (χ1) is 22.9. The van der Waals surface area contributed by atoms with Crippen molar-refractivity contribution < 1.29 is 19.4 Å². The number of nitrogens with one attached hydrogen (secondary N) is 2. The molecule has 1 fully saturated rings. The molecule has 0 spiro atoms. The maximum absolute atomic E-state index is 12.4. The SMILES string of the molecule is C[C@H](c1ccc2ccccc2c1)N(C)C[C@H]1C[C@@H](c2ccc(CO)cc2)O[C@@H](c2ccc(CNC(=O)NCc3ccccc3)cc2)O1. The van der Waals surface area contributed by atoms with Gasteiger partial charge in [-0.15, -0.1) is 0 Å². The van der Waals surface area contributed by atoms with Crippen LogP contribution in [0.1, 0.15) is 65.2 Å². The van der Waals surface area contributed by atoms with E-state index < -0.39 is 6.29 Å². The van der Waals surface area contributed by atoms with Crippen molar-refractivity contribution in [3.05, 3.63) is 155 Å². The van der Waals surface area contributed by atoms with Crippen molar-refractivity contribution in [2.75, 3.05) is 13.6 Å². The van der Waals surface area contributed by atoms with Crippen molar-refractivity contribution in [3.63, 3.8) is 0 Å². The molecule has 0 aliphatic carbocycles. The Bertz CT molecular complexity index is 1740. The molecule has 1 aliphatic rings. The largest absolute Gasteiger partial charge is 0.392 e. The first-order valence-electron chi connectivity index (χ1n) is 16.3. The third-order valence-electron chi connectivity index (χ3n) is 9.02. The Balaban J connectivity index is 1.12. The third-order valence-corrected chi connectivity index (χ3v) is 9.02. The van der Waals surface area contributed by atoms with E-state index in [4.69, 9.17) is 9.47 Å². The van der Waals surface area contributed by atoms with E-state index in [0.717, 1.165) is 34.4 Å². The zero-order valence-corrected chi connectivity index (χ0v) is 27.0. The Kier molecular flexibility index (Phi) is 10.6. The van der Waals surface area contributed by atoms with Crippen LogP contribution in [0.5, 0.6) is 0 Å². The van der Waals surface area contributed by atoms with Crippen molar-refractivity contribution in [3.8, 4) is 0 Å². The van der Waals surface area contributed by atoms with Crippen molar-refractivity contribution in [2.45, 2.75) is 57.6 Å². The average Bonchev–Trinajstić information content (AvgIpc) is 3.13. The summed E-state index contributed by atoms with van der Waals surface area (Å²) < 4.78 is 13.2. The molecule has 5 aromatic rings. The summed E-state index contributed by atoms with van der Waals surface area (Å²) in [5.41, 5.74) is 6.16. The van der Waals surface area contributed by atoms with Gasteiger partial charge in [-0.3, -0.25) is 4.90 Å². The van der Waals surface area contributed by atoms with Gasteiger partial charge in [-0.1, -0.05) is 115 Å². The summed E-state index contributed by atoms with van der Waals surface area (Å²) >= 11 is 0. The van der Waals surface area contributed by atoms with Crippen LogP contribution in [-0.4, -0.2) is 35.7 Å². The van der Waals surface area contributed by atoms with Gasteiger partial charge in [-0.2, -0.15) is 0 Å². The molecule has 2 amide bonds. The summed E-state index contributed by atoms with van der Waals surface area (Å²) in [6.07, 6.45) is -0.0645. The number of carbonyl (C=O) groups excluding carboxylic acids is 1. The molecular formula is C40H43N3O4. The van der Waals surface area contributed by atoms with Gasteiger partial charge in [0.05, 0.1) is 18.8 Å². The minimum absolute atomic E-state index is 0.00745. The van der Waals surface area contributed by atoms with Crippen LogP contribution in [0.4, 0.5) is 4.79 Å². The number of aliphatic hydroxyl groups excluding tert-OH is 1. The van der Waals surface area contributed by atoms with Gasteiger partial charge in [0.2, 0.25) is 0 Å². The lowest BCUT2D eigenvalue weighted by Gasteiger charge is -2.39. The number of urea groups is 1. The molecule has 6 rings (SSSR count). The maximum Gasteiger partial charge on any atom is 0.315 e. The number of likely N-dealkylation sites (N-methyl/N-ethyl adjacent to an activating group) is 1. The number of ether oxygens (including phenoxy) is 2.